The van der Waals surface area contributed by atoms with E-state index in [-0.39, 0.29) is 5.82 Å². The maximum atomic E-state index is 13.4. The van der Waals surface area contributed by atoms with Crippen LogP contribution < -0.4 is 5.32 Å². The van der Waals surface area contributed by atoms with Gasteiger partial charge in [0.05, 0.1) is 0 Å². The Bertz CT molecular complexity index is 517. The van der Waals surface area contributed by atoms with Gasteiger partial charge in [-0.3, -0.25) is 0 Å². The topological polar surface area (TPSA) is 12.0 Å². The molecule has 0 aliphatic heterocycles. The molecule has 0 saturated carbocycles. The van der Waals surface area contributed by atoms with Gasteiger partial charge in [0.15, 0.2) is 0 Å². The normalized spacial score (nSPS) is 10.4. The van der Waals surface area contributed by atoms with Crippen molar-refractivity contribution < 1.29 is 4.39 Å². The van der Waals surface area contributed by atoms with Crippen molar-refractivity contribution in [3.63, 3.8) is 0 Å². The predicted molar refractivity (Wildman–Crippen MR) is 74.3 cm³/mol. The molecule has 0 bridgehead atoms. The van der Waals surface area contributed by atoms with Gasteiger partial charge in [0.25, 0.3) is 0 Å². The van der Waals surface area contributed by atoms with Crippen LogP contribution >= 0.6 is 0 Å². The molecule has 0 aliphatic rings. The van der Waals surface area contributed by atoms with Gasteiger partial charge < -0.3 is 5.32 Å². The number of hydrogen-bond donors (Lipinski definition) is 1. The second-order valence-electron chi connectivity index (χ2n) is 4.44. The Balaban J connectivity index is 2.04. The van der Waals surface area contributed by atoms with Gasteiger partial charge in [0.2, 0.25) is 0 Å². The second kappa shape index (κ2) is 5.67. The molecule has 1 N–H and O–H groups in total. The lowest BCUT2D eigenvalue weighted by Crippen LogP contribution is -2.02. The van der Waals surface area contributed by atoms with Crippen molar-refractivity contribution in [1.29, 1.82) is 0 Å². The molecule has 0 heterocycles. The Morgan fingerprint density at radius 1 is 1.00 bits per heavy atom. The minimum absolute atomic E-state index is 0.165. The summed E-state index contributed by atoms with van der Waals surface area (Å²) in [6.07, 6.45) is 1.05. The van der Waals surface area contributed by atoms with Crippen molar-refractivity contribution in [2.45, 2.75) is 26.8 Å². The summed E-state index contributed by atoms with van der Waals surface area (Å²) < 4.78 is 13.4. The maximum absolute atomic E-state index is 13.4. The van der Waals surface area contributed by atoms with Crippen LogP contribution in [0.5, 0.6) is 0 Å². The van der Waals surface area contributed by atoms with Crippen molar-refractivity contribution >= 4 is 5.69 Å². The highest BCUT2D eigenvalue weighted by molar-refractivity contribution is 5.51. The molecule has 0 atom stereocenters. The molecule has 0 unspecified atom stereocenters. The fourth-order valence-electron chi connectivity index (χ4n) is 1.89. The van der Waals surface area contributed by atoms with Gasteiger partial charge >= 0.3 is 0 Å². The molecule has 0 aliphatic carbocycles. The van der Waals surface area contributed by atoms with Crippen LogP contribution in [0.4, 0.5) is 10.1 Å². The quantitative estimate of drug-likeness (QED) is 0.843. The highest BCUT2D eigenvalue weighted by Gasteiger charge is 2.02. The van der Waals surface area contributed by atoms with E-state index in [2.05, 4.69) is 36.5 Å². The van der Waals surface area contributed by atoms with Crippen molar-refractivity contribution in [3.8, 4) is 0 Å². The van der Waals surface area contributed by atoms with Gasteiger partial charge in [-0.2, -0.15) is 0 Å². The van der Waals surface area contributed by atoms with Gasteiger partial charge in [-0.1, -0.05) is 37.3 Å². The minimum Gasteiger partial charge on any atom is -0.381 e. The summed E-state index contributed by atoms with van der Waals surface area (Å²) in [7, 11) is 0. The molecule has 18 heavy (non-hydrogen) atoms. The number of halogens is 1. The summed E-state index contributed by atoms with van der Waals surface area (Å²) in [6.45, 7) is 4.65. The molecule has 0 aromatic heterocycles. The molecule has 0 saturated heterocycles. The van der Waals surface area contributed by atoms with E-state index in [0.717, 1.165) is 12.1 Å². The van der Waals surface area contributed by atoms with Gasteiger partial charge in [-0.25, -0.2) is 4.39 Å². The molecular formula is C16H18FN. The Hall–Kier alpha value is -1.83. The zero-order valence-electron chi connectivity index (χ0n) is 10.8. The van der Waals surface area contributed by atoms with Crippen LogP contribution in [-0.4, -0.2) is 0 Å². The van der Waals surface area contributed by atoms with E-state index < -0.39 is 0 Å². The maximum Gasteiger partial charge on any atom is 0.128 e. The van der Waals surface area contributed by atoms with Crippen LogP contribution in [0.3, 0.4) is 0 Å². The average molecular weight is 243 g/mol. The van der Waals surface area contributed by atoms with E-state index in [1.165, 1.54) is 17.2 Å². The summed E-state index contributed by atoms with van der Waals surface area (Å²) in [5, 5.41) is 3.27. The largest absolute Gasteiger partial charge is 0.381 e. The van der Waals surface area contributed by atoms with E-state index in [0.29, 0.717) is 12.1 Å². The molecular weight excluding hydrogens is 225 g/mol. The van der Waals surface area contributed by atoms with Crippen LogP contribution in [0.15, 0.2) is 42.5 Å². The highest BCUT2D eigenvalue weighted by Crippen LogP contribution is 2.18. The lowest BCUT2D eigenvalue weighted by Gasteiger charge is -2.10. The zero-order valence-corrected chi connectivity index (χ0v) is 10.8. The SMILES string of the molecule is CCc1ccc(CNc2cccc(F)c2C)cc1. The lowest BCUT2D eigenvalue weighted by atomic mass is 10.1. The van der Waals surface area contributed by atoms with Crippen molar-refractivity contribution in [2.24, 2.45) is 0 Å². The molecule has 1 nitrogen and oxygen atoms in total. The number of hydrogen-bond acceptors (Lipinski definition) is 1. The highest BCUT2D eigenvalue weighted by atomic mass is 19.1. The fraction of sp³-hybridized carbons (Fsp3) is 0.250. The fourth-order valence-corrected chi connectivity index (χ4v) is 1.89. The van der Waals surface area contributed by atoms with E-state index >= 15 is 0 Å². The number of aryl methyl sites for hydroxylation is 1. The van der Waals surface area contributed by atoms with Gasteiger partial charge in [0.1, 0.15) is 5.82 Å². The molecule has 0 spiro atoms. The molecule has 0 fully saturated rings. The third-order valence-corrected chi connectivity index (χ3v) is 3.18. The molecule has 2 rings (SSSR count). The summed E-state index contributed by atoms with van der Waals surface area (Å²) >= 11 is 0. The summed E-state index contributed by atoms with van der Waals surface area (Å²) in [5.41, 5.74) is 4.06. The number of rotatable bonds is 4. The van der Waals surface area contributed by atoms with E-state index in [1.807, 2.05) is 6.07 Å². The van der Waals surface area contributed by atoms with Crippen LogP contribution in [0.2, 0.25) is 0 Å². The molecule has 94 valence electrons. The molecule has 2 aromatic rings. The Morgan fingerprint density at radius 2 is 1.67 bits per heavy atom. The first-order chi connectivity index (χ1) is 8.70. The zero-order chi connectivity index (χ0) is 13.0. The van der Waals surface area contributed by atoms with Crippen LogP contribution in [0.25, 0.3) is 0 Å². The van der Waals surface area contributed by atoms with Crippen LogP contribution in [-0.2, 0) is 13.0 Å². The Labute approximate surface area is 108 Å². The monoisotopic (exact) mass is 243 g/mol. The van der Waals surface area contributed by atoms with E-state index in [4.69, 9.17) is 0 Å². The van der Waals surface area contributed by atoms with Gasteiger partial charge in [-0.15, -0.1) is 0 Å². The van der Waals surface area contributed by atoms with Crippen LogP contribution in [0.1, 0.15) is 23.6 Å². The standard InChI is InChI=1S/C16H18FN/c1-3-13-7-9-14(10-8-13)11-18-16-6-4-5-15(17)12(16)2/h4-10,18H,3,11H2,1-2H3. The van der Waals surface area contributed by atoms with Gasteiger partial charge in [-0.05, 0) is 36.6 Å². The van der Waals surface area contributed by atoms with Crippen molar-refractivity contribution in [1.82, 2.24) is 0 Å². The lowest BCUT2D eigenvalue weighted by molar-refractivity contribution is 0.619. The van der Waals surface area contributed by atoms with Crippen molar-refractivity contribution in [3.05, 3.63) is 65.0 Å². The van der Waals surface area contributed by atoms with Crippen LogP contribution in [0, 0.1) is 12.7 Å². The summed E-state index contributed by atoms with van der Waals surface area (Å²) in [4.78, 5) is 0. The molecule has 0 amide bonds. The first kappa shape index (κ1) is 12.6. The Kier molecular flexibility index (Phi) is 3.98. The summed E-state index contributed by atoms with van der Waals surface area (Å²) in [5.74, 6) is -0.165. The third kappa shape index (κ3) is 2.89. The smallest absolute Gasteiger partial charge is 0.128 e. The first-order valence-electron chi connectivity index (χ1n) is 6.27. The number of nitrogens with one attached hydrogen (secondary N) is 1. The Morgan fingerprint density at radius 3 is 2.33 bits per heavy atom. The summed E-state index contributed by atoms with van der Waals surface area (Å²) in [6, 6.07) is 13.6. The molecule has 2 aromatic carbocycles. The van der Waals surface area contributed by atoms with E-state index in [9.17, 15) is 4.39 Å². The predicted octanol–water partition coefficient (Wildman–Crippen LogP) is 4.31. The number of anilines is 1. The molecule has 2 heteroatoms. The number of benzene rings is 2. The molecule has 0 radical (unpaired) electrons. The minimum atomic E-state index is -0.165. The van der Waals surface area contributed by atoms with Crippen molar-refractivity contribution in [2.75, 3.05) is 5.32 Å². The van der Waals surface area contributed by atoms with E-state index in [1.54, 1.807) is 13.0 Å². The third-order valence-electron chi connectivity index (χ3n) is 3.18. The van der Waals surface area contributed by atoms with Gasteiger partial charge in [0, 0.05) is 17.8 Å². The average Bonchev–Trinajstić information content (AvgIpc) is 2.41. The second-order valence-corrected chi connectivity index (χ2v) is 4.44. The first-order valence-corrected chi connectivity index (χ1v) is 6.27.